The average molecular weight is 391 g/mol. The Morgan fingerprint density at radius 3 is 2.27 bits per heavy atom. The molecular weight excluding hydrogens is 379 g/mol. The van der Waals surface area contributed by atoms with Gasteiger partial charge in [-0.3, -0.25) is 10.1 Å². The fraction of sp³-hybridized carbons (Fsp3) is 0.0625. The van der Waals surface area contributed by atoms with E-state index in [4.69, 9.17) is 23.2 Å². The van der Waals surface area contributed by atoms with Gasteiger partial charge in [0.25, 0.3) is 0 Å². The van der Waals surface area contributed by atoms with Crippen LogP contribution in [0.5, 0.6) is 0 Å². The molecule has 0 unspecified atom stereocenters. The van der Waals surface area contributed by atoms with Crippen LogP contribution < -0.4 is 10.6 Å². The summed E-state index contributed by atoms with van der Waals surface area (Å²) in [6.07, 6.45) is 2.80. The molecule has 2 N–H and O–H groups in total. The van der Waals surface area contributed by atoms with E-state index in [-0.39, 0.29) is 17.3 Å². The minimum atomic E-state index is -0.577. The summed E-state index contributed by atoms with van der Waals surface area (Å²) in [6.45, 7) is 1.89. The molecular formula is C16H12Cl2N6O2. The fourth-order valence-corrected chi connectivity index (χ4v) is 2.75. The van der Waals surface area contributed by atoms with E-state index >= 15 is 0 Å². The first kappa shape index (κ1) is 17.8. The summed E-state index contributed by atoms with van der Waals surface area (Å²) in [5.74, 6) is 0.445. The average Bonchev–Trinajstić information content (AvgIpc) is 2.53. The Kier molecular flexibility index (Phi) is 5.15. The van der Waals surface area contributed by atoms with E-state index in [2.05, 4.69) is 25.6 Å². The van der Waals surface area contributed by atoms with Crippen LogP contribution in [0, 0.1) is 17.0 Å². The van der Waals surface area contributed by atoms with Crippen LogP contribution in [0.3, 0.4) is 0 Å². The predicted molar refractivity (Wildman–Crippen MR) is 101 cm³/mol. The van der Waals surface area contributed by atoms with Crippen LogP contribution in [0.15, 0.2) is 42.9 Å². The first-order valence-electron chi connectivity index (χ1n) is 7.34. The molecule has 8 nitrogen and oxygen atoms in total. The third-order valence-electron chi connectivity index (χ3n) is 3.29. The quantitative estimate of drug-likeness (QED) is 0.472. The molecule has 3 rings (SSSR count). The molecule has 132 valence electrons. The summed E-state index contributed by atoms with van der Waals surface area (Å²) in [6, 6.07) is 8.27. The van der Waals surface area contributed by atoms with Gasteiger partial charge in [0.15, 0.2) is 0 Å². The van der Waals surface area contributed by atoms with Crippen LogP contribution in [-0.4, -0.2) is 19.9 Å². The number of hydrogen-bond acceptors (Lipinski definition) is 7. The summed E-state index contributed by atoms with van der Waals surface area (Å²) >= 11 is 11.9. The molecule has 0 aliphatic carbocycles. The Morgan fingerprint density at radius 1 is 1.00 bits per heavy atom. The number of nitro groups is 1. The first-order valence-corrected chi connectivity index (χ1v) is 8.10. The van der Waals surface area contributed by atoms with Crippen molar-refractivity contribution in [2.75, 3.05) is 10.6 Å². The van der Waals surface area contributed by atoms with Gasteiger partial charge in [0, 0.05) is 21.9 Å². The summed E-state index contributed by atoms with van der Waals surface area (Å²) in [4.78, 5) is 23.1. The molecule has 2 heterocycles. The largest absolute Gasteiger partial charge is 0.353 e. The molecule has 0 bridgehead atoms. The Labute approximate surface area is 158 Å². The fourth-order valence-electron chi connectivity index (χ4n) is 2.22. The zero-order valence-corrected chi connectivity index (χ0v) is 14.9. The highest BCUT2D eigenvalue weighted by molar-refractivity contribution is 6.35. The maximum Gasteiger partial charge on any atom is 0.353 e. The second kappa shape index (κ2) is 7.51. The van der Waals surface area contributed by atoms with Crippen LogP contribution in [-0.2, 0) is 0 Å². The van der Waals surface area contributed by atoms with Crippen molar-refractivity contribution in [3.8, 4) is 0 Å². The number of nitrogens with zero attached hydrogens (tertiary/aromatic N) is 4. The minimum Gasteiger partial charge on any atom is -0.334 e. The lowest BCUT2D eigenvalue weighted by Gasteiger charge is -2.10. The molecule has 0 amide bonds. The molecule has 3 aromatic rings. The third-order valence-corrected chi connectivity index (χ3v) is 3.73. The first-order chi connectivity index (χ1) is 12.4. The van der Waals surface area contributed by atoms with E-state index in [0.29, 0.717) is 21.6 Å². The van der Waals surface area contributed by atoms with E-state index in [9.17, 15) is 10.1 Å². The number of rotatable bonds is 5. The van der Waals surface area contributed by atoms with Gasteiger partial charge in [-0.15, -0.1) is 0 Å². The van der Waals surface area contributed by atoms with Crippen LogP contribution >= 0.6 is 23.2 Å². The summed E-state index contributed by atoms with van der Waals surface area (Å²) in [5, 5.41) is 18.1. The Balaban J connectivity index is 1.99. The Bertz CT molecular complexity index is 962. The van der Waals surface area contributed by atoms with E-state index in [1.807, 2.05) is 13.0 Å². The number of halogens is 2. The van der Waals surface area contributed by atoms with Gasteiger partial charge in [0.05, 0.1) is 4.92 Å². The molecule has 0 spiro atoms. The summed E-state index contributed by atoms with van der Waals surface area (Å²) < 4.78 is 0. The van der Waals surface area contributed by atoms with Crippen molar-refractivity contribution >= 4 is 52.0 Å². The van der Waals surface area contributed by atoms with Crippen molar-refractivity contribution in [3.63, 3.8) is 0 Å². The minimum absolute atomic E-state index is 0.00140. The number of anilines is 4. The van der Waals surface area contributed by atoms with Crippen molar-refractivity contribution in [2.45, 2.75) is 6.92 Å². The maximum absolute atomic E-state index is 11.6. The van der Waals surface area contributed by atoms with Crippen molar-refractivity contribution in [2.24, 2.45) is 0 Å². The van der Waals surface area contributed by atoms with Crippen molar-refractivity contribution < 1.29 is 4.92 Å². The lowest BCUT2D eigenvalue weighted by atomic mass is 10.3. The standard InChI is InChI=1S/C16H12Cl2N6O2/c1-9-2-3-19-13(4-9)23-16-14(24(25)26)15(20-8-21-16)22-12-6-10(17)5-11(18)7-12/h2-8H,1H3,(H2,19,20,21,22,23). The highest BCUT2D eigenvalue weighted by Crippen LogP contribution is 2.33. The monoisotopic (exact) mass is 390 g/mol. The zero-order valence-electron chi connectivity index (χ0n) is 13.4. The smallest absolute Gasteiger partial charge is 0.334 e. The van der Waals surface area contributed by atoms with E-state index in [0.717, 1.165) is 5.56 Å². The van der Waals surface area contributed by atoms with Crippen LogP contribution in [0.1, 0.15) is 5.56 Å². The van der Waals surface area contributed by atoms with Gasteiger partial charge >= 0.3 is 5.69 Å². The van der Waals surface area contributed by atoms with E-state index in [1.165, 1.54) is 6.33 Å². The molecule has 0 saturated carbocycles. The van der Waals surface area contributed by atoms with Gasteiger partial charge in [0.1, 0.15) is 12.1 Å². The topological polar surface area (TPSA) is 106 Å². The van der Waals surface area contributed by atoms with Gasteiger partial charge in [0.2, 0.25) is 11.6 Å². The second-order valence-corrected chi connectivity index (χ2v) is 6.18. The molecule has 0 aliphatic rings. The highest BCUT2D eigenvalue weighted by Gasteiger charge is 2.23. The van der Waals surface area contributed by atoms with E-state index in [1.54, 1.807) is 30.5 Å². The number of pyridine rings is 1. The van der Waals surface area contributed by atoms with Gasteiger partial charge in [-0.2, -0.15) is 0 Å². The molecule has 0 atom stereocenters. The van der Waals surface area contributed by atoms with Gasteiger partial charge < -0.3 is 10.6 Å². The van der Waals surface area contributed by atoms with Gasteiger partial charge in [-0.25, -0.2) is 15.0 Å². The summed E-state index contributed by atoms with van der Waals surface area (Å²) in [7, 11) is 0. The Hall–Kier alpha value is -2.97. The molecule has 0 saturated heterocycles. The number of hydrogen-bond donors (Lipinski definition) is 2. The molecule has 0 radical (unpaired) electrons. The second-order valence-electron chi connectivity index (χ2n) is 5.30. The number of aromatic nitrogens is 3. The number of aryl methyl sites for hydroxylation is 1. The summed E-state index contributed by atoms with van der Waals surface area (Å²) in [5.41, 5.74) is 1.09. The Morgan fingerprint density at radius 2 is 1.65 bits per heavy atom. The lowest BCUT2D eigenvalue weighted by Crippen LogP contribution is -2.06. The predicted octanol–water partition coefficient (Wildman–Crippen LogP) is 4.88. The normalized spacial score (nSPS) is 10.4. The molecule has 1 aromatic carbocycles. The SMILES string of the molecule is Cc1ccnc(Nc2ncnc(Nc3cc(Cl)cc(Cl)c3)c2[N+](=O)[O-])c1. The van der Waals surface area contributed by atoms with Crippen LogP contribution in [0.2, 0.25) is 10.0 Å². The molecule has 26 heavy (non-hydrogen) atoms. The van der Waals surface area contributed by atoms with Crippen molar-refractivity contribution in [1.82, 2.24) is 15.0 Å². The highest BCUT2D eigenvalue weighted by atomic mass is 35.5. The molecule has 2 aromatic heterocycles. The van der Waals surface area contributed by atoms with Crippen molar-refractivity contribution in [1.29, 1.82) is 0 Å². The number of benzene rings is 1. The van der Waals surface area contributed by atoms with Crippen LogP contribution in [0.25, 0.3) is 0 Å². The molecule has 10 heteroatoms. The lowest BCUT2D eigenvalue weighted by molar-refractivity contribution is -0.383. The molecule has 0 fully saturated rings. The van der Waals surface area contributed by atoms with E-state index < -0.39 is 4.92 Å². The van der Waals surface area contributed by atoms with Gasteiger partial charge in [-0.05, 0) is 42.8 Å². The number of nitrogens with one attached hydrogen (secondary N) is 2. The van der Waals surface area contributed by atoms with Crippen molar-refractivity contribution in [3.05, 3.63) is 68.6 Å². The van der Waals surface area contributed by atoms with Crippen LogP contribution in [0.4, 0.5) is 28.8 Å². The van der Waals surface area contributed by atoms with Gasteiger partial charge in [-0.1, -0.05) is 23.2 Å². The third kappa shape index (κ3) is 4.16. The zero-order chi connectivity index (χ0) is 18.7. The maximum atomic E-state index is 11.6. The molecule has 0 aliphatic heterocycles.